The van der Waals surface area contributed by atoms with Crippen LogP contribution in [0.3, 0.4) is 0 Å². The highest BCUT2D eigenvalue weighted by atomic mass is 16.6. The molecule has 0 aliphatic carbocycles. The Balaban J connectivity index is 2.29. The predicted octanol–water partition coefficient (Wildman–Crippen LogP) is 3.75. The van der Waals surface area contributed by atoms with Gasteiger partial charge in [-0.2, -0.15) is 5.26 Å². The number of unbranched alkanes of at least 4 members (excludes halogenated alkanes) is 1. The molecule has 0 bridgehead atoms. The van der Waals surface area contributed by atoms with E-state index in [4.69, 9.17) is 18.9 Å². The molecule has 32 heavy (non-hydrogen) atoms. The van der Waals surface area contributed by atoms with Crippen molar-refractivity contribution in [3.8, 4) is 29.1 Å². The Morgan fingerprint density at radius 1 is 1.00 bits per heavy atom. The number of amides is 1. The first-order valence-electron chi connectivity index (χ1n) is 10.00. The topological polar surface area (TPSA) is 107 Å². The van der Waals surface area contributed by atoms with Gasteiger partial charge in [-0.05, 0) is 42.3 Å². The maximum absolute atomic E-state index is 12.8. The van der Waals surface area contributed by atoms with Crippen LogP contribution in [-0.2, 0) is 4.79 Å². The molecule has 2 aromatic carbocycles. The van der Waals surface area contributed by atoms with E-state index in [1.807, 2.05) is 13.0 Å². The first-order valence-corrected chi connectivity index (χ1v) is 10.00. The molecule has 8 heteroatoms. The number of rotatable bonds is 10. The molecule has 0 aliphatic heterocycles. The van der Waals surface area contributed by atoms with Gasteiger partial charge in [0, 0.05) is 6.54 Å². The van der Waals surface area contributed by atoms with Crippen molar-refractivity contribution in [3.63, 3.8) is 0 Å². The number of nitriles is 1. The Morgan fingerprint density at radius 2 is 1.66 bits per heavy atom. The van der Waals surface area contributed by atoms with Crippen LogP contribution < -0.4 is 24.3 Å². The van der Waals surface area contributed by atoms with Crippen molar-refractivity contribution >= 4 is 18.0 Å². The fourth-order valence-electron chi connectivity index (χ4n) is 2.85. The lowest BCUT2D eigenvalue weighted by molar-refractivity contribution is -0.117. The van der Waals surface area contributed by atoms with Crippen molar-refractivity contribution in [1.29, 1.82) is 5.26 Å². The molecule has 0 atom stereocenters. The summed E-state index contributed by atoms with van der Waals surface area (Å²) in [4.78, 5) is 25.0. The smallest absolute Gasteiger partial charge is 0.351 e. The molecule has 0 saturated heterocycles. The molecule has 0 aromatic heterocycles. The average Bonchev–Trinajstić information content (AvgIpc) is 2.82. The number of carbonyl (C=O) groups excluding carboxylic acids is 2. The van der Waals surface area contributed by atoms with Crippen LogP contribution in [0.15, 0.2) is 42.0 Å². The molecule has 2 aromatic rings. The number of methoxy groups -OCH3 is 3. The largest absolute Gasteiger partial charge is 0.496 e. The predicted molar refractivity (Wildman–Crippen MR) is 119 cm³/mol. The van der Waals surface area contributed by atoms with E-state index in [0.717, 1.165) is 12.8 Å². The van der Waals surface area contributed by atoms with E-state index < -0.39 is 11.9 Å². The van der Waals surface area contributed by atoms with Gasteiger partial charge in [0.1, 0.15) is 28.7 Å². The molecule has 0 heterocycles. The van der Waals surface area contributed by atoms with Crippen molar-refractivity contribution in [2.75, 3.05) is 27.9 Å². The van der Waals surface area contributed by atoms with Crippen LogP contribution >= 0.6 is 0 Å². The molecule has 1 N–H and O–H groups in total. The normalized spacial score (nSPS) is 10.7. The fraction of sp³-hybridized carbons (Fsp3) is 0.292. The minimum atomic E-state index is -0.686. The number of esters is 1. The summed E-state index contributed by atoms with van der Waals surface area (Å²) in [7, 11) is 4.31. The van der Waals surface area contributed by atoms with Crippen molar-refractivity contribution in [2.24, 2.45) is 0 Å². The van der Waals surface area contributed by atoms with Crippen molar-refractivity contribution in [1.82, 2.24) is 5.32 Å². The van der Waals surface area contributed by atoms with Crippen LogP contribution in [-0.4, -0.2) is 39.8 Å². The SMILES string of the molecule is CCCCNC(=O)/C(C#N)=C/c1ccc(OC(=O)c2c(OC)cccc2OC)c(OC)c1. The summed E-state index contributed by atoms with van der Waals surface area (Å²) in [6.45, 7) is 2.51. The molecular weight excluding hydrogens is 412 g/mol. The van der Waals surface area contributed by atoms with E-state index >= 15 is 0 Å². The minimum absolute atomic E-state index is 0.0355. The number of hydrogen-bond acceptors (Lipinski definition) is 7. The van der Waals surface area contributed by atoms with Gasteiger partial charge >= 0.3 is 5.97 Å². The Morgan fingerprint density at radius 3 is 2.22 bits per heavy atom. The number of hydrogen-bond donors (Lipinski definition) is 1. The summed E-state index contributed by atoms with van der Waals surface area (Å²) in [6, 6.07) is 11.6. The third kappa shape index (κ3) is 6.01. The maximum atomic E-state index is 12.8. The highest BCUT2D eigenvalue weighted by Crippen LogP contribution is 2.33. The summed E-state index contributed by atoms with van der Waals surface area (Å²) >= 11 is 0. The Labute approximate surface area is 187 Å². The van der Waals surface area contributed by atoms with E-state index in [1.165, 1.54) is 33.5 Å². The van der Waals surface area contributed by atoms with Gasteiger partial charge in [-0.3, -0.25) is 4.79 Å². The number of carbonyl (C=O) groups is 2. The van der Waals surface area contributed by atoms with Crippen molar-refractivity contribution in [2.45, 2.75) is 19.8 Å². The molecule has 0 spiro atoms. The second-order valence-corrected chi connectivity index (χ2v) is 6.62. The van der Waals surface area contributed by atoms with Gasteiger partial charge in [0.05, 0.1) is 21.3 Å². The van der Waals surface area contributed by atoms with Crippen LogP contribution in [0.1, 0.15) is 35.7 Å². The molecule has 1 amide bonds. The van der Waals surface area contributed by atoms with Gasteiger partial charge in [-0.1, -0.05) is 25.5 Å². The van der Waals surface area contributed by atoms with Crippen LogP contribution in [0.2, 0.25) is 0 Å². The third-order valence-corrected chi connectivity index (χ3v) is 4.51. The molecule has 168 valence electrons. The summed E-state index contributed by atoms with van der Waals surface area (Å²) in [6.07, 6.45) is 3.21. The molecule has 0 radical (unpaired) electrons. The van der Waals surface area contributed by atoms with E-state index in [9.17, 15) is 14.9 Å². The van der Waals surface area contributed by atoms with Crippen molar-refractivity contribution < 1.29 is 28.5 Å². The first-order chi connectivity index (χ1) is 15.5. The van der Waals surface area contributed by atoms with Gasteiger partial charge in [0.2, 0.25) is 0 Å². The second-order valence-electron chi connectivity index (χ2n) is 6.62. The van der Waals surface area contributed by atoms with Gasteiger partial charge in [0.25, 0.3) is 5.91 Å². The van der Waals surface area contributed by atoms with Crippen molar-refractivity contribution in [3.05, 3.63) is 53.1 Å². The van der Waals surface area contributed by atoms with E-state index in [0.29, 0.717) is 23.6 Å². The summed E-state index contributed by atoms with van der Waals surface area (Å²) in [5, 5.41) is 12.0. The average molecular weight is 438 g/mol. The Hall–Kier alpha value is -3.99. The van der Waals surface area contributed by atoms with E-state index in [2.05, 4.69) is 5.32 Å². The minimum Gasteiger partial charge on any atom is -0.496 e. The molecule has 0 saturated carbocycles. The van der Waals surface area contributed by atoms with Crippen LogP contribution in [0.25, 0.3) is 6.08 Å². The molecule has 0 fully saturated rings. The first kappa shape index (κ1) is 24.3. The number of nitrogens with zero attached hydrogens (tertiary/aromatic N) is 1. The van der Waals surface area contributed by atoms with Gasteiger partial charge in [-0.15, -0.1) is 0 Å². The Bertz CT molecular complexity index is 1020. The quantitative estimate of drug-likeness (QED) is 0.198. The van der Waals surface area contributed by atoms with Crippen LogP contribution in [0.4, 0.5) is 0 Å². The highest BCUT2D eigenvalue weighted by molar-refractivity contribution is 6.01. The second kappa shape index (κ2) is 12.0. The summed E-state index contributed by atoms with van der Waals surface area (Å²) in [5.41, 5.74) is 0.643. The van der Waals surface area contributed by atoms with E-state index in [1.54, 1.807) is 30.3 Å². The van der Waals surface area contributed by atoms with Gasteiger partial charge in [0.15, 0.2) is 11.5 Å². The molecule has 0 aliphatic rings. The standard InChI is InChI=1S/C24H26N2O6/c1-5-6-12-26-23(27)17(15-25)13-16-10-11-18(21(14-16)31-4)32-24(28)22-19(29-2)8-7-9-20(22)30-3/h7-11,13-14H,5-6,12H2,1-4H3,(H,26,27)/b17-13+. The highest BCUT2D eigenvalue weighted by Gasteiger charge is 2.22. The van der Waals surface area contributed by atoms with E-state index in [-0.39, 0.29) is 22.6 Å². The fourth-order valence-corrected chi connectivity index (χ4v) is 2.85. The molecular formula is C24H26N2O6. The van der Waals surface area contributed by atoms with Crippen LogP contribution in [0.5, 0.6) is 23.0 Å². The summed E-state index contributed by atoms with van der Waals surface area (Å²) in [5.74, 6) is -0.105. The maximum Gasteiger partial charge on any atom is 0.351 e. The lowest BCUT2D eigenvalue weighted by atomic mass is 10.1. The molecule has 8 nitrogen and oxygen atoms in total. The number of ether oxygens (including phenoxy) is 4. The molecule has 0 unspecified atom stereocenters. The zero-order chi connectivity index (χ0) is 23.5. The zero-order valence-corrected chi connectivity index (χ0v) is 18.6. The lowest BCUT2D eigenvalue weighted by Gasteiger charge is -2.14. The Kier molecular flexibility index (Phi) is 9.11. The monoisotopic (exact) mass is 438 g/mol. The van der Waals surface area contributed by atoms with Gasteiger partial charge in [-0.25, -0.2) is 4.79 Å². The summed E-state index contributed by atoms with van der Waals surface area (Å²) < 4.78 is 21.4. The van der Waals surface area contributed by atoms with Gasteiger partial charge < -0.3 is 24.3 Å². The number of nitrogens with one attached hydrogen (secondary N) is 1. The zero-order valence-electron chi connectivity index (χ0n) is 18.6. The lowest BCUT2D eigenvalue weighted by Crippen LogP contribution is -2.25. The van der Waals surface area contributed by atoms with Crippen LogP contribution in [0, 0.1) is 11.3 Å². The molecule has 2 rings (SSSR count). The number of benzene rings is 2. The third-order valence-electron chi connectivity index (χ3n) is 4.51.